The quantitative estimate of drug-likeness (QED) is 0.396. The number of aryl methyl sites for hydroxylation is 1. The number of nitrogens with zero attached hydrogens (tertiary/aromatic N) is 2. The molecule has 1 aromatic rings. The molecule has 1 aromatic heterocycles. The zero-order chi connectivity index (χ0) is 8.10. The molecule has 11 heavy (non-hydrogen) atoms. The first kappa shape index (κ1) is 7.53. The van der Waals surface area contributed by atoms with Crippen LogP contribution in [0.5, 0.6) is 0 Å². The third-order valence-corrected chi connectivity index (χ3v) is 1.22. The van der Waals surface area contributed by atoms with E-state index in [1.165, 1.54) is 12.5 Å². The monoisotopic (exact) mass is 152 g/mol. The van der Waals surface area contributed by atoms with Crippen LogP contribution in [0.1, 0.15) is 11.3 Å². The Hall–Kier alpha value is -1.58. The molecular formula is C7H8N2O2. The van der Waals surface area contributed by atoms with Crippen LogP contribution in [0, 0.1) is 6.92 Å². The number of rotatable bonds is 2. The average molecular weight is 152 g/mol. The van der Waals surface area contributed by atoms with Gasteiger partial charge in [-0.15, -0.1) is 0 Å². The molecule has 4 nitrogen and oxygen atoms in total. The van der Waals surface area contributed by atoms with Crippen molar-refractivity contribution in [3.8, 4) is 0 Å². The van der Waals surface area contributed by atoms with Crippen molar-refractivity contribution < 1.29 is 9.73 Å². The average Bonchev–Trinajstić information content (AvgIpc) is 2.37. The Morgan fingerprint density at radius 3 is 3.09 bits per heavy atom. The normalized spacial score (nSPS) is 11.7. The number of hydrogen-bond donors (Lipinski definition) is 1. The molecule has 0 unspecified atom stereocenters. The van der Waals surface area contributed by atoms with E-state index < -0.39 is 0 Å². The lowest BCUT2D eigenvalue weighted by molar-refractivity contribution is 0.322. The highest BCUT2D eigenvalue weighted by molar-refractivity contribution is 5.77. The highest BCUT2D eigenvalue weighted by Crippen LogP contribution is 2.05. The summed E-state index contributed by atoms with van der Waals surface area (Å²) in [5.41, 5.74) is 1.69. The molecule has 4 heteroatoms. The second kappa shape index (κ2) is 3.55. The fraction of sp³-hybridized carbons (Fsp3) is 0.143. The molecule has 0 aliphatic heterocycles. The summed E-state index contributed by atoms with van der Waals surface area (Å²) in [5.74, 6) is 0. The zero-order valence-corrected chi connectivity index (χ0v) is 6.06. The maximum atomic E-state index is 8.04. The second-order valence-corrected chi connectivity index (χ2v) is 1.98. The van der Waals surface area contributed by atoms with Crippen molar-refractivity contribution in [1.29, 1.82) is 0 Å². The summed E-state index contributed by atoms with van der Waals surface area (Å²) in [6.45, 7) is 1.83. The summed E-state index contributed by atoms with van der Waals surface area (Å²) < 4.78 is 4.67. The minimum Gasteiger partial charge on any atom is -0.411 e. The van der Waals surface area contributed by atoms with Gasteiger partial charge in [0.25, 0.3) is 0 Å². The van der Waals surface area contributed by atoms with Crippen LogP contribution in [0.2, 0.25) is 0 Å². The van der Waals surface area contributed by atoms with Crippen molar-refractivity contribution in [2.45, 2.75) is 6.92 Å². The Balaban J connectivity index is 2.71. The first-order valence-electron chi connectivity index (χ1n) is 3.09. The minimum atomic E-state index is 0.813. The van der Waals surface area contributed by atoms with Crippen LogP contribution in [-0.2, 0) is 0 Å². The van der Waals surface area contributed by atoms with Gasteiger partial charge in [-0.2, -0.15) is 0 Å². The molecule has 0 fully saturated rings. The van der Waals surface area contributed by atoms with Crippen LogP contribution in [0.25, 0.3) is 6.08 Å². The molecule has 1 heterocycles. The van der Waals surface area contributed by atoms with E-state index in [-0.39, 0.29) is 0 Å². The van der Waals surface area contributed by atoms with Crippen molar-refractivity contribution >= 4 is 12.3 Å². The highest BCUT2D eigenvalue weighted by atomic mass is 16.5. The number of hydrogen-bond acceptors (Lipinski definition) is 4. The molecule has 0 aromatic carbocycles. The Bertz CT molecular complexity index is 276. The van der Waals surface area contributed by atoms with Crippen LogP contribution >= 0.6 is 0 Å². The number of allylic oxidation sites excluding steroid dienone is 1. The van der Waals surface area contributed by atoms with Gasteiger partial charge in [0, 0.05) is 5.56 Å². The predicted octanol–water partition coefficient (Wildman–Crippen LogP) is 1.46. The van der Waals surface area contributed by atoms with E-state index in [1.807, 2.05) is 6.92 Å². The SMILES string of the molecule is Cc1nocc1/C=C/C=N/O. The zero-order valence-electron chi connectivity index (χ0n) is 6.06. The summed E-state index contributed by atoms with van der Waals surface area (Å²) in [4.78, 5) is 0. The molecule has 0 aliphatic rings. The number of aromatic nitrogens is 1. The maximum Gasteiger partial charge on any atom is 0.131 e. The summed E-state index contributed by atoms with van der Waals surface area (Å²) >= 11 is 0. The Labute approximate surface area is 63.8 Å². The smallest absolute Gasteiger partial charge is 0.131 e. The lowest BCUT2D eigenvalue weighted by Crippen LogP contribution is -1.72. The third-order valence-electron chi connectivity index (χ3n) is 1.22. The maximum absolute atomic E-state index is 8.04. The van der Waals surface area contributed by atoms with Gasteiger partial charge in [0.2, 0.25) is 0 Å². The van der Waals surface area contributed by atoms with Gasteiger partial charge in [-0.05, 0) is 19.1 Å². The molecule has 1 N–H and O–H groups in total. The Morgan fingerprint density at radius 2 is 2.55 bits per heavy atom. The third kappa shape index (κ3) is 1.93. The van der Waals surface area contributed by atoms with Gasteiger partial charge < -0.3 is 9.73 Å². The van der Waals surface area contributed by atoms with Crippen LogP contribution in [0.4, 0.5) is 0 Å². The first-order chi connectivity index (χ1) is 5.34. The fourth-order valence-electron chi connectivity index (χ4n) is 0.645. The Morgan fingerprint density at radius 1 is 1.73 bits per heavy atom. The van der Waals surface area contributed by atoms with Crippen molar-refractivity contribution in [3.63, 3.8) is 0 Å². The van der Waals surface area contributed by atoms with Crippen molar-refractivity contribution in [2.24, 2.45) is 5.16 Å². The van der Waals surface area contributed by atoms with Crippen LogP contribution in [0.15, 0.2) is 22.0 Å². The molecule has 0 aliphatic carbocycles. The largest absolute Gasteiger partial charge is 0.411 e. The van der Waals surface area contributed by atoms with E-state index in [2.05, 4.69) is 14.8 Å². The molecule has 0 spiro atoms. The summed E-state index contributed by atoms with van der Waals surface area (Å²) in [6.07, 6.45) is 6.13. The van der Waals surface area contributed by atoms with Crippen LogP contribution < -0.4 is 0 Å². The van der Waals surface area contributed by atoms with Gasteiger partial charge in [0.15, 0.2) is 0 Å². The molecule has 0 bridgehead atoms. The van der Waals surface area contributed by atoms with Gasteiger partial charge in [0.1, 0.15) is 6.26 Å². The van der Waals surface area contributed by atoms with Gasteiger partial charge in [-0.3, -0.25) is 0 Å². The topological polar surface area (TPSA) is 58.6 Å². The van der Waals surface area contributed by atoms with Gasteiger partial charge in [0.05, 0.1) is 11.9 Å². The minimum absolute atomic E-state index is 0.813. The summed E-state index contributed by atoms with van der Waals surface area (Å²) in [5, 5.41) is 14.5. The lowest BCUT2D eigenvalue weighted by atomic mass is 10.2. The summed E-state index contributed by atoms with van der Waals surface area (Å²) in [6, 6.07) is 0. The molecule has 0 radical (unpaired) electrons. The molecule has 0 amide bonds. The van der Waals surface area contributed by atoms with E-state index in [9.17, 15) is 0 Å². The molecule has 1 rings (SSSR count). The molecule has 0 atom stereocenters. The van der Waals surface area contributed by atoms with Crippen LogP contribution in [-0.4, -0.2) is 16.6 Å². The van der Waals surface area contributed by atoms with E-state index in [4.69, 9.17) is 5.21 Å². The van der Waals surface area contributed by atoms with Gasteiger partial charge >= 0.3 is 0 Å². The summed E-state index contributed by atoms with van der Waals surface area (Å²) in [7, 11) is 0. The molecule has 58 valence electrons. The second-order valence-electron chi connectivity index (χ2n) is 1.98. The molecule has 0 saturated carbocycles. The Kier molecular flexibility index (Phi) is 2.43. The predicted molar refractivity (Wildman–Crippen MR) is 40.6 cm³/mol. The van der Waals surface area contributed by atoms with E-state index in [1.54, 1.807) is 12.2 Å². The van der Waals surface area contributed by atoms with Crippen molar-refractivity contribution in [3.05, 3.63) is 23.6 Å². The van der Waals surface area contributed by atoms with E-state index >= 15 is 0 Å². The molecular weight excluding hydrogens is 144 g/mol. The fourth-order valence-corrected chi connectivity index (χ4v) is 0.645. The standard InChI is InChI=1S/C7H8N2O2/c1-6-7(5-11-9-6)3-2-4-8-10/h2-5,10H,1H3/b3-2+,8-4+. The van der Waals surface area contributed by atoms with Crippen molar-refractivity contribution in [2.75, 3.05) is 0 Å². The van der Waals surface area contributed by atoms with Crippen LogP contribution in [0.3, 0.4) is 0 Å². The first-order valence-corrected chi connectivity index (χ1v) is 3.09. The van der Waals surface area contributed by atoms with E-state index in [0.717, 1.165) is 11.3 Å². The lowest BCUT2D eigenvalue weighted by Gasteiger charge is -1.80. The molecule has 0 saturated heterocycles. The van der Waals surface area contributed by atoms with E-state index in [0.29, 0.717) is 0 Å². The van der Waals surface area contributed by atoms with Crippen molar-refractivity contribution in [1.82, 2.24) is 5.16 Å². The van der Waals surface area contributed by atoms with Gasteiger partial charge in [-0.25, -0.2) is 0 Å². The number of oxime groups is 1. The van der Waals surface area contributed by atoms with Gasteiger partial charge in [-0.1, -0.05) is 10.3 Å². The highest BCUT2D eigenvalue weighted by Gasteiger charge is 1.95.